The maximum absolute atomic E-state index is 11.9. The molecule has 1 rings (SSSR count). The van der Waals surface area contributed by atoms with Gasteiger partial charge in [0, 0.05) is 6.54 Å². The molecule has 0 bridgehead atoms. The van der Waals surface area contributed by atoms with Crippen LogP contribution in [0, 0.1) is 0 Å². The second-order valence-electron chi connectivity index (χ2n) is 4.24. The van der Waals surface area contributed by atoms with Gasteiger partial charge in [-0.15, -0.1) is 12.4 Å². The Morgan fingerprint density at radius 3 is 2.53 bits per heavy atom. The van der Waals surface area contributed by atoms with Crippen molar-refractivity contribution in [2.45, 2.75) is 11.3 Å². The third-order valence-electron chi connectivity index (χ3n) is 2.35. The Hall–Kier alpha value is -0.530. The van der Waals surface area contributed by atoms with E-state index in [1.54, 1.807) is 0 Å². The highest BCUT2D eigenvalue weighted by molar-refractivity contribution is 7.89. The summed E-state index contributed by atoms with van der Waals surface area (Å²) in [5, 5.41) is 0.349. The predicted molar refractivity (Wildman–Crippen MR) is 81.5 cm³/mol. The molecule has 0 heterocycles. The maximum Gasteiger partial charge on any atom is 0.240 e. The molecule has 0 aromatic heterocycles. The van der Waals surface area contributed by atoms with Crippen molar-refractivity contribution in [3.05, 3.63) is 23.2 Å². The van der Waals surface area contributed by atoms with Gasteiger partial charge in [0.15, 0.2) is 0 Å². The number of halogens is 2. The molecule has 1 aromatic carbocycles. The Bertz CT molecular complexity index is 507. The van der Waals surface area contributed by atoms with Gasteiger partial charge in [0.2, 0.25) is 10.0 Å². The van der Waals surface area contributed by atoms with Crippen LogP contribution in [0.5, 0.6) is 0 Å². The number of nitrogens with one attached hydrogen (secondary N) is 1. The molecule has 3 N–H and O–H groups in total. The van der Waals surface area contributed by atoms with Crippen molar-refractivity contribution in [3.63, 3.8) is 0 Å². The molecule has 1 aromatic rings. The molecule has 0 radical (unpaired) electrons. The first-order valence-corrected chi connectivity index (χ1v) is 7.38. The first kappa shape index (κ1) is 18.5. The summed E-state index contributed by atoms with van der Waals surface area (Å²) >= 11 is 5.75. The molecular formula is C11H19Cl2N3O2S. The number of hydrogen-bond donors (Lipinski definition) is 2. The van der Waals surface area contributed by atoms with Crippen LogP contribution in [0.25, 0.3) is 0 Å². The predicted octanol–water partition coefficient (Wildman–Crippen LogP) is 1.57. The largest absolute Gasteiger partial charge is 0.397 e. The van der Waals surface area contributed by atoms with Crippen LogP contribution < -0.4 is 10.5 Å². The average Bonchev–Trinajstić information content (AvgIpc) is 2.28. The molecule has 0 atom stereocenters. The second kappa shape index (κ2) is 7.91. The molecule has 5 nitrogen and oxygen atoms in total. The SMILES string of the molecule is CN(C)CCCNS(=O)(=O)c1ccc(Cl)c(N)c1.Cl. The van der Waals surface area contributed by atoms with E-state index in [9.17, 15) is 8.42 Å². The van der Waals surface area contributed by atoms with Crippen LogP contribution in [0.3, 0.4) is 0 Å². The summed E-state index contributed by atoms with van der Waals surface area (Å²) in [6, 6.07) is 4.27. The van der Waals surface area contributed by atoms with E-state index in [1.165, 1.54) is 18.2 Å². The smallest absolute Gasteiger partial charge is 0.240 e. The summed E-state index contributed by atoms with van der Waals surface area (Å²) in [5.41, 5.74) is 5.84. The molecular weight excluding hydrogens is 309 g/mol. The lowest BCUT2D eigenvalue weighted by Gasteiger charge is -2.10. The van der Waals surface area contributed by atoms with Crippen LogP contribution in [0.2, 0.25) is 5.02 Å². The van der Waals surface area contributed by atoms with Gasteiger partial charge in [-0.25, -0.2) is 13.1 Å². The summed E-state index contributed by atoms with van der Waals surface area (Å²) in [4.78, 5) is 2.13. The molecule has 0 spiro atoms. The summed E-state index contributed by atoms with van der Waals surface area (Å²) in [6.07, 6.45) is 0.745. The monoisotopic (exact) mass is 327 g/mol. The van der Waals surface area contributed by atoms with Crippen molar-refractivity contribution in [1.82, 2.24) is 9.62 Å². The molecule has 8 heteroatoms. The lowest BCUT2D eigenvalue weighted by Crippen LogP contribution is -2.27. The Labute approximate surface area is 125 Å². The summed E-state index contributed by atoms with van der Waals surface area (Å²) in [6.45, 7) is 1.22. The topological polar surface area (TPSA) is 75.4 Å². The standard InChI is InChI=1S/C11H18ClN3O2S.ClH/c1-15(2)7-3-6-14-18(16,17)9-4-5-10(12)11(13)8-9;/h4-5,8,14H,3,6-7,13H2,1-2H3;1H. The molecule has 0 unspecified atom stereocenters. The van der Waals surface area contributed by atoms with Gasteiger partial charge in [0.05, 0.1) is 15.6 Å². The minimum absolute atomic E-state index is 0. The van der Waals surface area contributed by atoms with E-state index in [1.807, 2.05) is 19.0 Å². The van der Waals surface area contributed by atoms with Crippen molar-refractivity contribution in [2.75, 3.05) is 32.9 Å². The third kappa shape index (κ3) is 5.97. The van der Waals surface area contributed by atoms with Crippen LogP contribution in [0.4, 0.5) is 5.69 Å². The van der Waals surface area contributed by atoms with E-state index >= 15 is 0 Å². The van der Waals surface area contributed by atoms with Crippen molar-refractivity contribution < 1.29 is 8.42 Å². The molecule has 0 aliphatic carbocycles. The minimum Gasteiger partial charge on any atom is -0.397 e. The average molecular weight is 328 g/mol. The van der Waals surface area contributed by atoms with E-state index in [-0.39, 0.29) is 23.0 Å². The van der Waals surface area contributed by atoms with Crippen LogP contribution in [-0.4, -0.2) is 40.5 Å². The molecule has 110 valence electrons. The van der Waals surface area contributed by atoms with E-state index in [4.69, 9.17) is 17.3 Å². The first-order chi connectivity index (χ1) is 8.33. The zero-order chi connectivity index (χ0) is 13.8. The number of benzene rings is 1. The number of nitrogens with two attached hydrogens (primary N) is 1. The van der Waals surface area contributed by atoms with Gasteiger partial charge in [-0.2, -0.15) is 0 Å². The summed E-state index contributed by atoms with van der Waals surface area (Å²) < 4.78 is 26.4. The van der Waals surface area contributed by atoms with Gasteiger partial charge in [-0.1, -0.05) is 11.6 Å². The number of hydrogen-bond acceptors (Lipinski definition) is 4. The number of nitrogens with zero attached hydrogens (tertiary/aromatic N) is 1. The van der Waals surface area contributed by atoms with Gasteiger partial charge in [0.1, 0.15) is 0 Å². The third-order valence-corrected chi connectivity index (χ3v) is 4.15. The molecule has 0 aliphatic rings. The van der Waals surface area contributed by atoms with Crippen LogP contribution >= 0.6 is 24.0 Å². The number of anilines is 1. The van der Waals surface area contributed by atoms with Crippen molar-refractivity contribution in [2.24, 2.45) is 0 Å². The highest BCUT2D eigenvalue weighted by Gasteiger charge is 2.14. The Kier molecular flexibility index (Phi) is 7.69. The highest BCUT2D eigenvalue weighted by Crippen LogP contribution is 2.21. The van der Waals surface area contributed by atoms with E-state index in [0.717, 1.165) is 13.0 Å². The Morgan fingerprint density at radius 2 is 2.00 bits per heavy atom. The summed E-state index contributed by atoms with van der Waals surface area (Å²) in [5.74, 6) is 0. The van der Waals surface area contributed by atoms with Gasteiger partial charge in [0.25, 0.3) is 0 Å². The fourth-order valence-electron chi connectivity index (χ4n) is 1.37. The van der Waals surface area contributed by atoms with Crippen LogP contribution in [0.1, 0.15) is 6.42 Å². The number of rotatable bonds is 6. The zero-order valence-electron chi connectivity index (χ0n) is 10.9. The minimum atomic E-state index is -3.50. The molecule has 0 saturated heterocycles. The van der Waals surface area contributed by atoms with Crippen molar-refractivity contribution in [1.29, 1.82) is 0 Å². The molecule has 0 saturated carbocycles. The lowest BCUT2D eigenvalue weighted by atomic mass is 10.3. The normalized spacial score (nSPS) is 11.4. The van der Waals surface area contributed by atoms with Gasteiger partial charge in [-0.3, -0.25) is 0 Å². The fraction of sp³-hybridized carbons (Fsp3) is 0.455. The van der Waals surface area contributed by atoms with Gasteiger partial charge < -0.3 is 10.6 Å². The van der Waals surface area contributed by atoms with Crippen LogP contribution in [-0.2, 0) is 10.0 Å². The van der Waals surface area contributed by atoms with Gasteiger partial charge >= 0.3 is 0 Å². The maximum atomic E-state index is 11.9. The Balaban J connectivity index is 0.00000324. The molecule has 0 amide bonds. The first-order valence-electron chi connectivity index (χ1n) is 5.52. The molecule has 0 fully saturated rings. The fourth-order valence-corrected chi connectivity index (χ4v) is 2.60. The molecule has 19 heavy (non-hydrogen) atoms. The van der Waals surface area contributed by atoms with E-state index in [0.29, 0.717) is 11.6 Å². The van der Waals surface area contributed by atoms with Crippen molar-refractivity contribution in [3.8, 4) is 0 Å². The number of sulfonamides is 1. The van der Waals surface area contributed by atoms with Gasteiger partial charge in [-0.05, 0) is 45.3 Å². The second-order valence-corrected chi connectivity index (χ2v) is 6.41. The van der Waals surface area contributed by atoms with E-state index < -0.39 is 10.0 Å². The quantitative estimate of drug-likeness (QED) is 0.614. The number of nitrogen functional groups attached to an aromatic ring is 1. The Morgan fingerprint density at radius 1 is 1.37 bits per heavy atom. The molecule has 0 aliphatic heterocycles. The van der Waals surface area contributed by atoms with Crippen molar-refractivity contribution >= 4 is 39.7 Å². The van der Waals surface area contributed by atoms with Crippen LogP contribution in [0.15, 0.2) is 23.1 Å². The zero-order valence-corrected chi connectivity index (χ0v) is 13.3. The highest BCUT2D eigenvalue weighted by atomic mass is 35.5. The lowest BCUT2D eigenvalue weighted by molar-refractivity contribution is 0.400. The summed E-state index contributed by atoms with van der Waals surface area (Å²) in [7, 11) is 0.373. The van der Waals surface area contributed by atoms with E-state index in [2.05, 4.69) is 4.72 Å².